The standard InChI is InChI=1S/C25H20N4OS/c30-24-20(17-26-16-15-18-9-3-1-4-10-18)23(19-11-5-2-6-12-19)28-29(24)25-27-21-13-7-8-14-22(21)31-25/h1-14,17,28H,15-16H2. The fourth-order valence-corrected chi connectivity index (χ4v) is 4.40. The number of fused-ring (bicyclic) bond motifs is 1. The Bertz CT molecular complexity index is 1370. The molecular weight excluding hydrogens is 404 g/mol. The van der Waals surface area contributed by atoms with Gasteiger partial charge in [-0.3, -0.25) is 14.9 Å². The summed E-state index contributed by atoms with van der Waals surface area (Å²) in [6, 6.07) is 27.9. The molecule has 0 saturated carbocycles. The van der Waals surface area contributed by atoms with Crippen molar-refractivity contribution in [2.45, 2.75) is 6.42 Å². The Hall–Kier alpha value is -3.77. The number of rotatable bonds is 6. The first kappa shape index (κ1) is 19.2. The highest BCUT2D eigenvalue weighted by atomic mass is 32.1. The quantitative estimate of drug-likeness (QED) is 0.385. The van der Waals surface area contributed by atoms with Crippen LogP contribution in [0, 0.1) is 0 Å². The molecule has 3 aromatic carbocycles. The minimum Gasteiger partial charge on any atom is -0.292 e. The van der Waals surface area contributed by atoms with Gasteiger partial charge in [-0.25, -0.2) is 4.98 Å². The van der Waals surface area contributed by atoms with Gasteiger partial charge in [-0.05, 0) is 24.1 Å². The Labute approximate surface area is 183 Å². The second-order valence-electron chi connectivity index (χ2n) is 7.14. The normalized spacial score (nSPS) is 11.5. The molecule has 5 aromatic rings. The van der Waals surface area contributed by atoms with Crippen molar-refractivity contribution in [3.63, 3.8) is 0 Å². The van der Waals surface area contributed by atoms with Crippen LogP contribution in [0.4, 0.5) is 0 Å². The van der Waals surface area contributed by atoms with Crippen LogP contribution < -0.4 is 5.56 Å². The predicted molar refractivity (Wildman–Crippen MR) is 128 cm³/mol. The van der Waals surface area contributed by atoms with Crippen molar-refractivity contribution in [2.75, 3.05) is 6.54 Å². The van der Waals surface area contributed by atoms with E-state index < -0.39 is 0 Å². The summed E-state index contributed by atoms with van der Waals surface area (Å²) >= 11 is 1.48. The fraction of sp³-hybridized carbons (Fsp3) is 0.0800. The number of aromatic nitrogens is 3. The van der Waals surface area contributed by atoms with Crippen molar-refractivity contribution >= 4 is 27.8 Å². The van der Waals surface area contributed by atoms with Crippen LogP contribution >= 0.6 is 11.3 Å². The van der Waals surface area contributed by atoms with Crippen LogP contribution in [-0.2, 0) is 6.42 Å². The number of thiazole rings is 1. The SMILES string of the molecule is O=c1c(C=NCCc2ccccc2)c(-c2ccccc2)[nH]n1-c1nc2ccccc2s1. The molecule has 0 atom stereocenters. The van der Waals surface area contributed by atoms with E-state index in [-0.39, 0.29) is 5.56 Å². The number of hydrogen-bond donors (Lipinski definition) is 1. The van der Waals surface area contributed by atoms with Crippen LogP contribution in [0.3, 0.4) is 0 Å². The van der Waals surface area contributed by atoms with Crippen LogP contribution in [0.25, 0.3) is 26.6 Å². The molecule has 1 N–H and O–H groups in total. The highest BCUT2D eigenvalue weighted by molar-refractivity contribution is 7.20. The van der Waals surface area contributed by atoms with Crippen LogP contribution in [0.15, 0.2) is 94.7 Å². The average Bonchev–Trinajstić information content (AvgIpc) is 3.39. The summed E-state index contributed by atoms with van der Waals surface area (Å²) in [6.07, 6.45) is 2.52. The smallest absolute Gasteiger partial charge is 0.282 e. The molecule has 2 heterocycles. The van der Waals surface area contributed by atoms with E-state index in [1.165, 1.54) is 21.6 Å². The van der Waals surface area contributed by atoms with Gasteiger partial charge in [0, 0.05) is 18.3 Å². The fourth-order valence-electron chi connectivity index (χ4n) is 3.48. The summed E-state index contributed by atoms with van der Waals surface area (Å²) < 4.78 is 2.56. The van der Waals surface area contributed by atoms with E-state index in [9.17, 15) is 4.79 Å². The number of benzene rings is 3. The Kier molecular flexibility index (Phi) is 5.29. The number of aromatic amines is 1. The van der Waals surface area contributed by atoms with Crippen molar-refractivity contribution in [1.82, 2.24) is 14.8 Å². The van der Waals surface area contributed by atoms with Gasteiger partial charge < -0.3 is 0 Å². The number of nitrogens with zero attached hydrogens (tertiary/aromatic N) is 3. The van der Waals surface area contributed by atoms with Gasteiger partial charge in [-0.1, -0.05) is 84.1 Å². The molecule has 0 amide bonds. The highest BCUT2D eigenvalue weighted by Crippen LogP contribution is 2.25. The number of nitrogens with one attached hydrogen (secondary N) is 1. The zero-order valence-corrected chi connectivity index (χ0v) is 17.5. The molecule has 5 nitrogen and oxygen atoms in total. The van der Waals surface area contributed by atoms with Gasteiger partial charge in [0.15, 0.2) is 0 Å². The lowest BCUT2D eigenvalue weighted by atomic mass is 10.1. The van der Waals surface area contributed by atoms with E-state index in [2.05, 4.69) is 27.2 Å². The molecule has 0 spiro atoms. The largest absolute Gasteiger partial charge is 0.292 e. The van der Waals surface area contributed by atoms with Crippen LogP contribution in [0.2, 0.25) is 0 Å². The molecule has 0 aliphatic carbocycles. The maximum Gasteiger partial charge on any atom is 0.282 e. The molecule has 6 heteroatoms. The van der Waals surface area contributed by atoms with Crippen LogP contribution in [0.5, 0.6) is 0 Å². The van der Waals surface area contributed by atoms with Crippen molar-refractivity contribution in [3.8, 4) is 16.4 Å². The maximum atomic E-state index is 13.3. The van der Waals surface area contributed by atoms with Crippen molar-refractivity contribution in [1.29, 1.82) is 0 Å². The third-order valence-corrected chi connectivity index (χ3v) is 6.08. The van der Waals surface area contributed by atoms with Gasteiger partial charge in [-0.15, -0.1) is 0 Å². The number of para-hydroxylation sites is 1. The first-order chi connectivity index (χ1) is 15.3. The molecule has 152 valence electrons. The van der Waals surface area contributed by atoms with Gasteiger partial charge in [0.05, 0.1) is 21.5 Å². The van der Waals surface area contributed by atoms with E-state index in [0.29, 0.717) is 17.2 Å². The number of aliphatic imine (C=N–C) groups is 1. The molecule has 31 heavy (non-hydrogen) atoms. The van der Waals surface area contributed by atoms with Gasteiger partial charge >= 0.3 is 0 Å². The summed E-state index contributed by atoms with van der Waals surface area (Å²) in [5.74, 6) is 0. The molecule has 0 aliphatic rings. The van der Waals surface area contributed by atoms with Gasteiger partial charge in [-0.2, -0.15) is 4.68 Å². The van der Waals surface area contributed by atoms with Gasteiger partial charge in [0.1, 0.15) is 0 Å². The molecule has 5 rings (SSSR count). The molecule has 0 radical (unpaired) electrons. The Balaban J connectivity index is 1.52. The summed E-state index contributed by atoms with van der Waals surface area (Å²) in [4.78, 5) is 22.5. The monoisotopic (exact) mass is 424 g/mol. The van der Waals surface area contributed by atoms with E-state index in [1.807, 2.05) is 72.8 Å². The Morgan fingerprint density at radius 2 is 1.65 bits per heavy atom. The Morgan fingerprint density at radius 1 is 0.935 bits per heavy atom. The van der Waals surface area contributed by atoms with Crippen LogP contribution in [-0.4, -0.2) is 27.5 Å². The summed E-state index contributed by atoms with van der Waals surface area (Å²) in [6.45, 7) is 0.615. The molecule has 0 fully saturated rings. The van der Waals surface area contributed by atoms with E-state index in [4.69, 9.17) is 0 Å². The lowest BCUT2D eigenvalue weighted by Gasteiger charge is -1.99. The zero-order chi connectivity index (χ0) is 21.0. The minimum atomic E-state index is -0.152. The first-order valence-corrected chi connectivity index (χ1v) is 10.9. The van der Waals surface area contributed by atoms with E-state index >= 15 is 0 Å². The summed E-state index contributed by atoms with van der Waals surface area (Å²) in [7, 11) is 0. The van der Waals surface area contributed by atoms with E-state index in [0.717, 1.165) is 27.9 Å². The lowest BCUT2D eigenvalue weighted by molar-refractivity contribution is 0.845. The predicted octanol–water partition coefficient (Wildman–Crippen LogP) is 5.10. The lowest BCUT2D eigenvalue weighted by Crippen LogP contribution is -2.17. The van der Waals surface area contributed by atoms with E-state index in [1.54, 1.807) is 6.21 Å². The maximum absolute atomic E-state index is 13.3. The number of H-pyrrole nitrogens is 1. The van der Waals surface area contributed by atoms with Crippen LogP contribution in [0.1, 0.15) is 11.1 Å². The molecule has 0 saturated heterocycles. The highest BCUT2D eigenvalue weighted by Gasteiger charge is 2.17. The second-order valence-corrected chi connectivity index (χ2v) is 8.15. The van der Waals surface area contributed by atoms with Crippen molar-refractivity contribution in [3.05, 3.63) is 106 Å². The second kappa shape index (κ2) is 8.53. The van der Waals surface area contributed by atoms with Gasteiger partial charge in [0.2, 0.25) is 5.13 Å². The molecular formula is C25H20N4OS. The van der Waals surface area contributed by atoms with Crippen molar-refractivity contribution < 1.29 is 0 Å². The topological polar surface area (TPSA) is 63.0 Å². The molecule has 0 bridgehead atoms. The molecule has 2 aromatic heterocycles. The van der Waals surface area contributed by atoms with Gasteiger partial charge in [0.25, 0.3) is 5.56 Å². The van der Waals surface area contributed by atoms with Crippen molar-refractivity contribution in [2.24, 2.45) is 4.99 Å². The minimum absolute atomic E-state index is 0.152. The summed E-state index contributed by atoms with van der Waals surface area (Å²) in [5.41, 5.74) is 4.17. The first-order valence-electron chi connectivity index (χ1n) is 10.1. The Morgan fingerprint density at radius 3 is 2.42 bits per heavy atom. The third-order valence-electron chi connectivity index (χ3n) is 5.06. The number of hydrogen-bond acceptors (Lipinski definition) is 4. The summed E-state index contributed by atoms with van der Waals surface area (Å²) in [5, 5.41) is 3.88. The molecule has 0 unspecified atom stereocenters. The third kappa shape index (κ3) is 3.98. The molecule has 0 aliphatic heterocycles. The zero-order valence-electron chi connectivity index (χ0n) is 16.7. The average molecular weight is 425 g/mol.